The van der Waals surface area contributed by atoms with Crippen LogP contribution in [0.1, 0.15) is 5.69 Å². The van der Waals surface area contributed by atoms with Crippen LogP contribution < -0.4 is 9.47 Å². The van der Waals surface area contributed by atoms with Gasteiger partial charge in [0.2, 0.25) is 11.2 Å². The van der Waals surface area contributed by atoms with Gasteiger partial charge in [0.05, 0.1) is 0 Å². The van der Waals surface area contributed by atoms with Crippen molar-refractivity contribution in [1.29, 1.82) is 0 Å². The first-order valence-electron chi connectivity index (χ1n) is 5.37. The Hall–Kier alpha value is -2.02. The molecule has 1 aromatic heterocycles. The molecule has 2 aromatic rings. The molecule has 0 aliphatic rings. The van der Waals surface area contributed by atoms with Gasteiger partial charge in [0.15, 0.2) is 11.5 Å². The number of rotatable bonds is 3. The van der Waals surface area contributed by atoms with Crippen molar-refractivity contribution in [3.63, 3.8) is 0 Å². The number of nitrogens with zero attached hydrogens (tertiary/aromatic N) is 2. The lowest BCUT2D eigenvalue weighted by atomic mass is 10.3. The third-order valence-electron chi connectivity index (χ3n) is 2.09. The van der Waals surface area contributed by atoms with Gasteiger partial charge in [0, 0.05) is 11.8 Å². The van der Waals surface area contributed by atoms with Gasteiger partial charge in [-0.05, 0) is 30.7 Å². The van der Waals surface area contributed by atoms with Crippen molar-refractivity contribution in [3.8, 4) is 17.4 Å². The summed E-state index contributed by atoms with van der Waals surface area (Å²) in [6, 6.07) is 6.81. The van der Waals surface area contributed by atoms with Crippen LogP contribution in [0, 0.1) is 6.92 Å². The zero-order chi connectivity index (χ0) is 14.8. The van der Waals surface area contributed by atoms with Crippen molar-refractivity contribution in [3.05, 3.63) is 41.3 Å². The van der Waals surface area contributed by atoms with Crippen LogP contribution in [0.15, 0.2) is 30.3 Å². The highest BCUT2D eigenvalue weighted by atomic mass is 35.5. The summed E-state index contributed by atoms with van der Waals surface area (Å²) in [5.41, 5.74) is 0.522. The van der Waals surface area contributed by atoms with Gasteiger partial charge in [-0.15, -0.1) is 13.2 Å². The Labute approximate surface area is 117 Å². The lowest BCUT2D eigenvalue weighted by molar-refractivity contribution is -0.275. The Balaban J connectivity index is 2.29. The molecule has 0 unspecified atom stereocenters. The molecule has 2 rings (SSSR count). The molecule has 0 saturated heterocycles. The average Bonchev–Trinajstić information content (AvgIpc) is 2.28. The van der Waals surface area contributed by atoms with E-state index in [1.165, 1.54) is 24.3 Å². The maximum atomic E-state index is 12.3. The van der Waals surface area contributed by atoms with Crippen LogP contribution in [-0.4, -0.2) is 16.3 Å². The summed E-state index contributed by atoms with van der Waals surface area (Å²) in [6.07, 6.45) is -4.81. The Morgan fingerprint density at radius 3 is 2.35 bits per heavy atom. The van der Waals surface area contributed by atoms with Gasteiger partial charge in [0.25, 0.3) is 0 Å². The van der Waals surface area contributed by atoms with Crippen molar-refractivity contribution < 1.29 is 22.6 Å². The van der Waals surface area contributed by atoms with E-state index in [0.717, 1.165) is 6.07 Å². The highest BCUT2D eigenvalue weighted by Crippen LogP contribution is 2.34. The van der Waals surface area contributed by atoms with E-state index in [1.807, 2.05) is 0 Å². The van der Waals surface area contributed by atoms with Crippen LogP contribution in [0.5, 0.6) is 17.4 Å². The Morgan fingerprint density at radius 1 is 1.10 bits per heavy atom. The van der Waals surface area contributed by atoms with Crippen LogP contribution in [0.25, 0.3) is 0 Å². The predicted molar refractivity (Wildman–Crippen MR) is 65.0 cm³/mol. The zero-order valence-corrected chi connectivity index (χ0v) is 10.9. The predicted octanol–water partition coefficient (Wildman–Crippen LogP) is 4.13. The third-order valence-corrected chi connectivity index (χ3v) is 2.26. The molecule has 0 N–H and O–H groups in total. The lowest BCUT2D eigenvalue weighted by Gasteiger charge is -2.13. The smallest absolute Gasteiger partial charge is 0.435 e. The van der Waals surface area contributed by atoms with Crippen molar-refractivity contribution in [2.45, 2.75) is 13.3 Å². The molecule has 0 saturated carbocycles. The molecular weight excluding hydrogens is 297 g/mol. The summed E-state index contributed by atoms with van der Waals surface area (Å²) < 4.78 is 45.9. The van der Waals surface area contributed by atoms with Gasteiger partial charge >= 0.3 is 6.36 Å². The molecule has 0 aliphatic carbocycles. The van der Waals surface area contributed by atoms with Gasteiger partial charge < -0.3 is 9.47 Å². The molecule has 0 fully saturated rings. The monoisotopic (exact) mass is 304 g/mol. The highest BCUT2D eigenvalue weighted by Gasteiger charge is 2.32. The van der Waals surface area contributed by atoms with Gasteiger partial charge in [-0.1, -0.05) is 12.1 Å². The van der Waals surface area contributed by atoms with E-state index in [2.05, 4.69) is 14.7 Å². The summed E-state index contributed by atoms with van der Waals surface area (Å²) in [7, 11) is 0. The molecular formula is C12H8ClF3N2O2. The van der Waals surface area contributed by atoms with Crippen LogP contribution in [0.2, 0.25) is 5.28 Å². The fourth-order valence-corrected chi connectivity index (χ4v) is 1.63. The van der Waals surface area contributed by atoms with Crippen molar-refractivity contribution in [2.75, 3.05) is 0 Å². The van der Waals surface area contributed by atoms with Crippen molar-refractivity contribution >= 4 is 11.6 Å². The van der Waals surface area contributed by atoms with Crippen LogP contribution in [-0.2, 0) is 0 Å². The molecule has 106 valence electrons. The largest absolute Gasteiger partial charge is 0.573 e. The van der Waals surface area contributed by atoms with Crippen LogP contribution >= 0.6 is 11.6 Å². The minimum atomic E-state index is -4.81. The Morgan fingerprint density at radius 2 is 1.75 bits per heavy atom. The normalized spacial score (nSPS) is 11.2. The number of hydrogen-bond acceptors (Lipinski definition) is 4. The van der Waals surface area contributed by atoms with Gasteiger partial charge in [-0.25, -0.2) is 4.98 Å². The number of hydrogen-bond donors (Lipinski definition) is 0. The maximum absolute atomic E-state index is 12.3. The molecule has 1 aromatic carbocycles. The molecule has 0 radical (unpaired) electrons. The second kappa shape index (κ2) is 5.54. The van der Waals surface area contributed by atoms with E-state index in [9.17, 15) is 13.2 Å². The number of alkyl halides is 3. The summed E-state index contributed by atoms with van der Waals surface area (Å²) in [5.74, 6) is -0.563. The van der Waals surface area contributed by atoms with Crippen LogP contribution in [0.3, 0.4) is 0 Å². The van der Waals surface area contributed by atoms with E-state index in [-0.39, 0.29) is 16.9 Å². The van der Waals surface area contributed by atoms with Gasteiger partial charge in [0.1, 0.15) is 0 Å². The first-order chi connectivity index (χ1) is 9.33. The topological polar surface area (TPSA) is 44.2 Å². The van der Waals surface area contributed by atoms with Crippen molar-refractivity contribution in [2.24, 2.45) is 0 Å². The van der Waals surface area contributed by atoms with Gasteiger partial charge in [-0.2, -0.15) is 4.98 Å². The summed E-state index contributed by atoms with van der Waals surface area (Å²) in [6.45, 7) is 1.65. The number of benzene rings is 1. The molecule has 8 heteroatoms. The molecule has 1 heterocycles. The van der Waals surface area contributed by atoms with Crippen LogP contribution in [0.4, 0.5) is 13.2 Å². The quantitative estimate of drug-likeness (QED) is 0.800. The fourth-order valence-electron chi connectivity index (χ4n) is 1.41. The standard InChI is InChI=1S/C12H8ClF3N2O2/c1-7-6-10(18-11(13)17-7)19-8-4-2-3-5-9(8)20-12(14,15)16/h2-6H,1H3. The molecule has 0 spiro atoms. The molecule has 0 amide bonds. The third kappa shape index (κ3) is 3.99. The molecule has 0 bridgehead atoms. The minimum absolute atomic E-state index is 0.0284. The van der Waals surface area contributed by atoms with E-state index in [4.69, 9.17) is 16.3 Å². The number of halogens is 4. The molecule has 20 heavy (non-hydrogen) atoms. The highest BCUT2D eigenvalue weighted by molar-refractivity contribution is 6.28. The Kier molecular flexibility index (Phi) is 3.99. The van der Waals surface area contributed by atoms with E-state index >= 15 is 0 Å². The minimum Gasteiger partial charge on any atom is -0.435 e. The number of para-hydroxylation sites is 2. The zero-order valence-electron chi connectivity index (χ0n) is 10.1. The second-order valence-electron chi connectivity index (χ2n) is 3.71. The first-order valence-corrected chi connectivity index (χ1v) is 5.75. The maximum Gasteiger partial charge on any atom is 0.573 e. The van der Waals surface area contributed by atoms with Gasteiger partial charge in [-0.3, -0.25) is 0 Å². The summed E-state index contributed by atoms with van der Waals surface area (Å²) in [5, 5.41) is -0.0609. The van der Waals surface area contributed by atoms with E-state index in [1.54, 1.807) is 6.92 Å². The summed E-state index contributed by atoms with van der Waals surface area (Å²) in [4.78, 5) is 7.58. The summed E-state index contributed by atoms with van der Waals surface area (Å²) >= 11 is 5.65. The molecule has 0 aliphatic heterocycles. The van der Waals surface area contributed by atoms with E-state index in [0.29, 0.717) is 5.69 Å². The number of ether oxygens (including phenoxy) is 2. The second-order valence-corrected chi connectivity index (χ2v) is 4.05. The number of aromatic nitrogens is 2. The van der Waals surface area contributed by atoms with Crippen molar-refractivity contribution in [1.82, 2.24) is 9.97 Å². The molecule has 4 nitrogen and oxygen atoms in total. The molecule has 0 atom stereocenters. The first kappa shape index (κ1) is 14.4. The number of aryl methyl sites for hydroxylation is 1. The van der Waals surface area contributed by atoms with E-state index < -0.39 is 12.1 Å². The average molecular weight is 305 g/mol. The lowest BCUT2D eigenvalue weighted by Crippen LogP contribution is -2.17. The Bertz CT molecular complexity index is 600. The SMILES string of the molecule is Cc1cc(Oc2ccccc2OC(F)(F)F)nc(Cl)n1. The fraction of sp³-hybridized carbons (Fsp3) is 0.167.